The van der Waals surface area contributed by atoms with Crippen LogP contribution in [0.2, 0.25) is 0 Å². The summed E-state index contributed by atoms with van der Waals surface area (Å²) in [4.78, 5) is 21.5. The summed E-state index contributed by atoms with van der Waals surface area (Å²) in [5.74, 6) is 1.24. The van der Waals surface area contributed by atoms with Gasteiger partial charge >= 0.3 is 0 Å². The maximum Gasteiger partial charge on any atom is 0.274 e. The van der Waals surface area contributed by atoms with Crippen molar-refractivity contribution in [2.75, 3.05) is 14.2 Å². The van der Waals surface area contributed by atoms with Crippen molar-refractivity contribution in [2.45, 2.75) is 12.5 Å². The highest BCUT2D eigenvalue weighted by atomic mass is 16.5. The normalized spacial score (nSPS) is 19.1. The highest BCUT2D eigenvalue weighted by Crippen LogP contribution is 2.47. The molecule has 3 aromatic rings. The molecule has 2 unspecified atom stereocenters. The number of aromatic nitrogens is 2. The minimum atomic E-state index is -0.215. The first-order chi connectivity index (χ1) is 14.7. The third kappa shape index (κ3) is 2.82. The summed E-state index contributed by atoms with van der Waals surface area (Å²) in [5.41, 5.74) is 4.60. The van der Waals surface area contributed by atoms with Gasteiger partial charge in [0.15, 0.2) is 11.5 Å². The van der Waals surface area contributed by atoms with Crippen molar-refractivity contribution in [3.05, 3.63) is 83.4 Å². The summed E-state index contributed by atoms with van der Waals surface area (Å²) < 4.78 is 11.0. The minimum absolute atomic E-state index is 0.0463. The van der Waals surface area contributed by atoms with Crippen LogP contribution in [0.15, 0.2) is 66.3 Å². The molecule has 1 aromatic carbocycles. The van der Waals surface area contributed by atoms with E-state index in [1.807, 2.05) is 24.3 Å². The Morgan fingerprint density at radius 1 is 0.967 bits per heavy atom. The van der Waals surface area contributed by atoms with Crippen LogP contribution >= 0.6 is 0 Å². The Morgan fingerprint density at radius 2 is 1.60 bits per heavy atom. The molecule has 30 heavy (non-hydrogen) atoms. The van der Waals surface area contributed by atoms with Gasteiger partial charge in [-0.2, -0.15) is 5.10 Å². The number of benzene rings is 1. The number of fused-ring (bicyclic) bond motifs is 3. The van der Waals surface area contributed by atoms with E-state index in [-0.39, 0.29) is 17.9 Å². The molecule has 0 bridgehead atoms. The second-order valence-electron chi connectivity index (χ2n) is 7.27. The molecule has 2 aromatic heterocycles. The molecular weight excluding hydrogens is 380 g/mol. The Balaban J connectivity index is 1.62. The molecule has 0 spiro atoms. The van der Waals surface area contributed by atoms with Crippen LogP contribution in [0.5, 0.6) is 11.5 Å². The molecule has 0 radical (unpaired) electrons. The molecule has 2 atom stereocenters. The number of rotatable bonds is 4. The van der Waals surface area contributed by atoms with E-state index < -0.39 is 0 Å². The third-order valence-electron chi connectivity index (χ3n) is 5.72. The summed E-state index contributed by atoms with van der Waals surface area (Å²) in [6.45, 7) is 0. The van der Waals surface area contributed by atoms with Crippen LogP contribution in [0.4, 0.5) is 0 Å². The number of carbonyl (C=O) groups excluding carboxylic acids is 1. The zero-order valence-corrected chi connectivity index (χ0v) is 16.6. The Morgan fingerprint density at radius 3 is 2.27 bits per heavy atom. The summed E-state index contributed by atoms with van der Waals surface area (Å²) in [7, 11) is 3.25. The van der Waals surface area contributed by atoms with Crippen molar-refractivity contribution in [1.29, 1.82) is 0 Å². The molecular formula is C23H20N4O3. The first-order valence-corrected chi connectivity index (χ1v) is 9.68. The molecule has 150 valence electrons. The van der Waals surface area contributed by atoms with Gasteiger partial charge in [0.25, 0.3) is 5.91 Å². The summed E-state index contributed by atoms with van der Waals surface area (Å²) >= 11 is 0. The highest BCUT2D eigenvalue weighted by molar-refractivity contribution is 6.10. The van der Waals surface area contributed by atoms with E-state index in [2.05, 4.69) is 9.97 Å². The predicted molar refractivity (Wildman–Crippen MR) is 111 cm³/mol. The molecule has 0 N–H and O–H groups in total. The lowest BCUT2D eigenvalue weighted by molar-refractivity contribution is 0.0684. The first-order valence-electron chi connectivity index (χ1n) is 9.68. The Labute approximate surface area is 174 Å². The van der Waals surface area contributed by atoms with Gasteiger partial charge < -0.3 is 9.47 Å². The standard InChI is InChI=1S/C23H20N4O3/c1-29-19-12-16-11-18-21(17(16)13-20(19)30-2)26-27(22(18)14-3-7-24-8-4-14)23(28)15-5-9-25-10-6-15/h3-10,12-13,18,22H,11H2,1-2H3. The van der Waals surface area contributed by atoms with Crippen LogP contribution in [0.25, 0.3) is 0 Å². The lowest BCUT2D eigenvalue weighted by Gasteiger charge is -2.26. The molecule has 1 aliphatic carbocycles. The second-order valence-corrected chi connectivity index (χ2v) is 7.27. The van der Waals surface area contributed by atoms with E-state index in [9.17, 15) is 4.79 Å². The van der Waals surface area contributed by atoms with Crippen LogP contribution in [-0.4, -0.2) is 40.8 Å². The summed E-state index contributed by atoms with van der Waals surface area (Å²) in [6, 6.07) is 11.1. The minimum Gasteiger partial charge on any atom is -0.493 e. The SMILES string of the molecule is COc1cc2c(cc1OC)C1=NN(C(=O)c3ccncc3)C(c3ccncc3)C1C2. The fourth-order valence-electron chi connectivity index (χ4n) is 4.33. The number of hydrazone groups is 1. The number of carbonyl (C=O) groups is 1. The number of hydrogen-bond acceptors (Lipinski definition) is 6. The smallest absolute Gasteiger partial charge is 0.274 e. The van der Waals surface area contributed by atoms with Crippen molar-refractivity contribution < 1.29 is 14.3 Å². The Bertz CT molecular complexity index is 1130. The summed E-state index contributed by atoms with van der Waals surface area (Å²) in [6.07, 6.45) is 7.49. The van der Waals surface area contributed by atoms with Crippen molar-refractivity contribution >= 4 is 11.6 Å². The van der Waals surface area contributed by atoms with Gasteiger partial charge in [0.1, 0.15) is 0 Å². The molecule has 1 amide bonds. The van der Waals surface area contributed by atoms with Crippen LogP contribution < -0.4 is 9.47 Å². The molecule has 0 saturated heterocycles. The van der Waals surface area contributed by atoms with Gasteiger partial charge in [0.2, 0.25) is 0 Å². The van der Waals surface area contributed by atoms with Crippen LogP contribution in [-0.2, 0) is 6.42 Å². The van der Waals surface area contributed by atoms with Crippen LogP contribution in [0.1, 0.15) is 33.1 Å². The van der Waals surface area contributed by atoms with Gasteiger partial charge in [-0.3, -0.25) is 14.8 Å². The quantitative estimate of drug-likeness (QED) is 0.672. The van der Waals surface area contributed by atoms with E-state index in [0.29, 0.717) is 17.1 Å². The number of pyridine rings is 2. The monoisotopic (exact) mass is 400 g/mol. The largest absolute Gasteiger partial charge is 0.493 e. The van der Waals surface area contributed by atoms with Crippen molar-refractivity contribution in [3.8, 4) is 11.5 Å². The topological polar surface area (TPSA) is 76.9 Å². The van der Waals surface area contributed by atoms with Crippen molar-refractivity contribution in [1.82, 2.24) is 15.0 Å². The maximum atomic E-state index is 13.3. The van der Waals surface area contributed by atoms with Gasteiger partial charge in [-0.1, -0.05) is 0 Å². The molecule has 1 aliphatic heterocycles. The van der Waals surface area contributed by atoms with Gasteiger partial charge in [-0.25, -0.2) is 5.01 Å². The van der Waals surface area contributed by atoms with Crippen molar-refractivity contribution in [2.24, 2.45) is 11.0 Å². The molecule has 0 fully saturated rings. The third-order valence-corrected chi connectivity index (χ3v) is 5.72. The van der Waals surface area contributed by atoms with E-state index in [0.717, 1.165) is 28.8 Å². The zero-order valence-electron chi connectivity index (χ0n) is 16.6. The van der Waals surface area contributed by atoms with E-state index >= 15 is 0 Å². The molecule has 7 nitrogen and oxygen atoms in total. The van der Waals surface area contributed by atoms with E-state index in [1.165, 1.54) is 0 Å². The molecule has 5 rings (SSSR count). The van der Waals surface area contributed by atoms with Gasteiger partial charge in [0.05, 0.1) is 26.0 Å². The predicted octanol–water partition coefficient (Wildman–Crippen LogP) is 3.27. The van der Waals surface area contributed by atoms with E-state index in [1.54, 1.807) is 56.1 Å². The number of ether oxygens (including phenoxy) is 2. The van der Waals surface area contributed by atoms with Crippen LogP contribution in [0, 0.1) is 5.92 Å². The van der Waals surface area contributed by atoms with Crippen molar-refractivity contribution in [3.63, 3.8) is 0 Å². The summed E-state index contributed by atoms with van der Waals surface area (Å²) in [5, 5.41) is 6.42. The average molecular weight is 400 g/mol. The maximum absolute atomic E-state index is 13.3. The van der Waals surface area contributed by atoms with Gasteiger partial charge in [0, 0.05) is 41.8 Å². The lowest BCUT2D eigenvalue weighted by Crippen LogP contribution is -2.30. The first kappa shape index (κ1) is 18.3. The molecule has 3 heterocycles. The molecule has 2 aliphatic rings. The van der Waals surface area contributed by atoms with E-state index in [4.69, 9.17) is 14.6 Å². The average Bonchev–Trinajstić information content (AvgIpc) is 3.34. The van der Waals surface area contributed by atoms with Crippen LogP contribution in [0.3, 0.4) is 0 Å². The number of methoxy groups -OCH3 is 2. The fraction of sp³-hybridized carbons (Fsp3) is 0.217. The Kier molecular flexibility index (Phi) is 4.43. The molecule has 0 saturated carbocycles. The number of amides is 1. The molecule has 7 heteroatoms. The second kappa shape index (κ2) is 7.26. The van der Waals surface area contributed by atoms with Gasteiger partial charge in [-0.15, -0.1) is 0 Å². The number of nitrogens with zero attached hydrogens (tertiary/aromatic N) is 4. The number of hydrogen-bond donors (Lipinski definition) is 0. The Hall–Kier alpha value is -3.74. The highest BCUT2D eigenvalue weighted by Gasteiger charge is 2.46. The van der Waals surface area contributed by atoms with Gasteiger partial charge in [-0.05, 0) is 53.9 Å². The zero-order chi connectivity index (χ0) is 20.7. The lowest BCUT2D eigenvalue weighted by atomic mass is 9.90. The fourth-order valence-corrected chi connectivity index (χ4v) is 4.33.